The van der Waals surface area contributed by atoms with Crippen molar-refractivity contribution in [3.05, 3.63) is 64.7 Å². The topological polar surface area (TPSA) is 136 Å². The Balaban J connectivity index is 1.95. The van der Waals surface area contributed by atoms with E-state index in [0.29, 0.717) is 23.6 Å². The molecule has 0 saturated heterocycles. The molecule has 4 N–H and O–H groups in total. The minimum absolute atomic E-state index is 0.0814. The van der Waals surface area contributed by atoms with Gasteiger partial charge in [-0.15, -0.1) is 0 Å². The van der Waals surface area contributed by atoms with Crippen molar-refractivity contribution < 1.29 is 14.6 Å². The number of benzene rings is 2. The number of primary amides is 1. The number of carbonyl (C=O) groups excluding carboxylic acids is 1. The molecule has 0 unspecified atom stereocenters. The molecule has 9 heteroatoms. The van der Waals surface area contributed by atoms with Crippen LogP contribution >= 0.6 is 0 Å². The first kappa shape index (κ1) is 18.2. The Bertz CT molecular complexity index is 1260. The van der Waals surface area contributed by atoms with Crippen molar-refractivity contribution in [3.8, 4) is 28.6 Å². The number of ether oxygens (including phenoxy) is 1. The number of fused-ring (bicyclic) bond motifs is 1. The molecule has 0 spiro atoms. The summed E-state index contributed by atoms with van der Waals surface area (Å²) in [6.07, 6.45) is 0. The molecule has 0 aliphatic carbocycles. The Morgan fingerprint density at radius 1 is 1.14 bits per heavy atom. The third kappa shape index (κ3) is 3.29. The van der Waals surface area contributed by atoms with Gasteiger partial charge in [-0.25, -0.2) is 19.3 Å². The van der Waals surface area contributed by atoms with E-state index in [4.69, 9.17) is 10.5 Å². The minimum atomic E-state index is -0.794. The number of hydrogen-bond donors (Lipinski definition) is 3. The van der Waals surface area contributed by atoms with Crippen LogP contribution in [0.15, 0.2) is 53.3 Å². The third-order valence-electron chi connectivity index (χ3n) is 4.30. The summed E-state index contributed by atoms with van der Waals surface area (Å²) in [5, 5.41) is 9.50. The van der Waals surface area contributed by atoms with Crippen LogP contribution in [0.25, 0.3) is 28.2 Å². The monoisotopic (exact) mass is 391 g/mol. The van der Waals surface area contributed by atoms with Gasteiger partial charge in [-0.2, -0.15) is 0 Å². The molecule has 1 amide bonds. The zero-order valence-electron chi connectivity index (χ0n) is 15.4. The minimum Gasteiger partial charge on any atom is -0.508 e. The number of nitrogens with one attached hydrogen (secondary N) is 1. The fraction of sp³-hybridized carbons (Fsp3) is 0.100. The molecule has 146 valence electrons. The zero-order valence-corrected chi connectivity index (χ0v) is 15.4. The number of hydrogen-bond acceptors (Lipinski definition) is 6. The molecular formula is C20H17N5O4. The first-order valence-electron chi connectivity index (χ1n) is 8.83. The van der Waals surface area contributed by atoms with E-state index in [9.17, 15) is 14.7 Å². The van der Waals surface area contributed by atoms with Crippen LogP contribution in [0.2, 0.25) is 0 Å². The van der Waals surface area contributed by atoms with Crippen LogP contribution in [0, 0.1) is 0 Å². The molecule has 2 aromatic heterocycles. The average molecular weight is 391 g/mol. The molecule has 2 heterocycles. The molecule has 0 saturated carbocycles. The third-order valence-corrected chi connectivity index (χ3v) is 4.30. The SMILES string of the molecule is CCOc1ccc(-n2c(=O)[nH]c3c(C(N)=O)nc(-c4ccc(O)cc4)nc32)cc1. The highest BCUT2D eigenvalue weighted by Crippen LogP contribution is 2.24. The van der Waals surface area contributed by atoms with E-state index in [0.717, 1.165) is 0 Å². The number of phenols is 1. The number of amides is 1. The Kier molecular flexibility index (Phi) is 4.47. The summed E-state index contributed by atoms with van der Waals surface area (Å²) in [6, 6.07) is 13.1. The number of carbonyl (C=O) groups is 1. The van der Waals surface area contributed by atoms with E-state index in [2.05, 4.69) is 15.0 Å². The maximum atomic E-state index is 12.6. The van der Waals surface area contributed by atoms with E-state index in [1.54, 1.807) is 36.4 Å². The molecule has 9 nitrogen and oxygen atoms in total. The van der Waals surface area contributed by atoms with E-state index in [1.165, 1.54) is 16.7 Å². The molecule has 2 aromatic carbocycles. The van der Waals surface area contributed by atoms with Crippen molar-refractivity contribution in [1.29, 1.82) is 0 Å². The number of aromatic nitrogens is 4. The summed E-state index contributed by atoms with van der Waals surface area (Å²) in [4.78, 5) is 35.9. The van der Waals surface area contributed by atoms with Crippen LogP contribution in [0.5, 0.6) is 11.5 Å². The first-order chi connectivity index (χ1) is 14.0. The molecule has 0 aliphatic heterocycles. The standard InChI is InChI=1S/C20H17N5O4/c1-2-29-14-9-5-12(6-10-14)25-19-16(23-20(25)28)15(17(21)27)22-18(24-19)11-3-7-13(26)8-4-11/h3-10,26H,2H2,1H3,(H2,21,27)(H,23,28). The average Bonchev–Trinajstić information content (AvgIpc) is 3.04. The largest absolute Gasteiger partial charge is 0.508 e. The van der Waals surface area contributed by atoms with Crippen molar-refractivity contribution in [2.24, 2.45) is 5.73 Å². The fourth-order valence-electron chi connectivity index (χ4n) is 3.00. The fourth-order valence-corrected chi connectivity index (χ4v) is 3.00. The van der Waals surface area contributed by atoms with Crippen molar-refractivity contribution in [1.82, 2.24) is 19.5 Å². The van der Waals surface area contributed by atoms with Crippen molar-refractivity contribution in [2.75, 3.05) is 6.61 Å². The Morgan fingerprint density at radius 2 is 1.83 bits per heavy atom. The van der Waals surface area contributed by atoms with E-state index in [1.807, 2.05) is 6.92 Å². The quantitative estimate of drug-likeness (QED) is 0.476. The van der Waals surface area contributed by atoms with E-state index in [-0.39, 0.29) is 28.4 Å². The van der Waals surface area contributed by atoms with E-state index >= 15 is 0 Å². The lowest BCUT2D eigenvalue weighted by Crippen LogP contribution is -2.15. The molecule has 0 aliphatic rings. The second kappa shape index (κ2) is 7.12. The molecular weight excluding hydrogens is 374 g/mol. The highest BCUT2D eigenvalue weighted by molar-refractivity contribution is 6.02. The number of aromatic hydroxyl groups is 1. The summed E-state index contributed by atoms with van der Waals surface area (Å²) >= 11 is 0. The summed E-state index contributed by atoms with van der Waals surface area (Å²) in [7, 11) is 0. The van der Waals surface area contributed by atoms with Gasteiger partial charge in [0.05, 0.1) is 12.3 Å². The second-order valence-corrected chi connectivity index (χ2v) is 6.20. The molecule has 0 bridgehead atoms. The highest BCUT2D eigenvalue weighted by atomic mass is 16.5. The van der Waals surface area contributed by atoms with Gasteiger partial charge in [-0.05, 0) is 55.5 Å². The molecule has 4 rings (SSSR count). The number of rotatable bonds is 5. The summed E-state index contributed by atoms with van der Waals surface area (Å²) < 4.78 is 6.77. The predicted molar refractivity (Wildman–Crippen MR) is 106 cm³/mol. The van der Waals surface area contributed by atoms with E-state index < -0.39 is 11.6 Å². The van der Waals surface area contributed by atoms with Crippen LogP contribution in [-0.2, 0) is 0 Å². The van der Waals surface area contributed by atoms with Gasteiger partial charge in [0, 0.05) is 5.56 Å². The molecule has 0 atom stereocenters. The summed E-state index contributed by atoms with van der Waals surface area (Å²) in [5.41, 5.74) is 6.36. The molecule has 0 radical (unpaired) electrons. The van der Waals surface area contributed by atoms with Gasteiger partial charge in [-0.3, -0.25) is 4.79 Å². The van der Waals surface area contributed by atoms with Gasteiger partial charge in [0.15, 0.2) is 17.2 Å². The van der Waals surface area contributed by atoms with Crippen molar-refractivity contribution in [2.45, 2.75) is 6.92 Å². The van der Waals surface area contributed by atoms with Crippen molar-refractivity contribution >= 4 is 17.1 Å². The summed E-state index contributed by atoms with van der Waals surface area (Å²) in [5.74, 6) is 0.154. The molecule has 4 aromatic rings. The lowest BCUT2D eigenvalue weighted by atomic mass is 10.2. The van der Waals surface area contributed by atoms with Crippen LogP contribution in [-0.4, -0.2) is 37.1 Å². The zero-order chi connectivity index (χ0) is 20.5. The number of aromatic amines is 1. The first-order valence-corrected chi connectivity index (χ1v) is 8.83. The second-order valence-electron chi connectivity index (χ2n) is 6.20. The normalized spacial score (nSPS) is 10.9. The number of imidazole rings is 1. The Labute approximate surface area is 164 Å². The van der Waals surface area contributed by atoms with Gasteiger partial charge in [-0.1, -0.05) is 0 Å². The van der Waals surface area contributed by atoms with Crippen molar-refractivity contribution in [3.63, 3.8) is 0 Å². The lowest BCUT2D eigenvalue weighted by Gasteiger charge is -2.08. The van der Waals surface area contributed by atoms with Gasteiger partial charge >= 0.3 is 5.69 Å². The van der Waals surface area contributed by atoms with Gasteiger partial charge in [0.2, 0.25) is 0 Å². The molecule has 0 fully saturated rings. The van der Waals surface area contributed by atoms with Gasteiger partial charge < -0.3 is 20.6 Å². The van der Waals surface area contributed by atoms with Crippen LogP contribution < -0.4 is 16.2 Å². The summed E-state index contributed by atoms with van der Waals surface area (Å²) in [6.45, 7) is 2.41. The highest BCUT2D eigenvalue weighted by Gasteiger charge is 2.20. The lowest BCUT2D eigenvalue weighted by molar-refractivity contribution is 0.0997. The van der Waals surface area contributed by atoms with Crippen LogP contribution in [0.1, 0.15) is 17.4 Å². The smallest absolute Gasteiger partial charge is 0.332 e. The van der Waals surface area contributed by atoms with Gasteiger partial charge in [0.25, 0.3) is 5.91 Å². The van der Waals surface area contributed by atoms with Gasteiger partial charge in [0.1, 0.15) is 17.0 Å². The number of nitrogens with two attached hydrogens (primary N) is 1. The predicted octanol–water partition coefficient (Wildman–Crippen LogP) is 1.98. The Morgan fingerprint density at radius 3 is 2.45 bits per heavy atom. The number of H-pyrrole nitrogens is 1. The number of phenolic OH excluding ortho intramolecular Hbond substituents is 1. The number of nitrogens with zero attached hydrogens (tertiary/aromatic N) is 3. The maximum absolute atomic E-state index is 12.6. The van der Waals surface area contributed by atoms with Crippen LogP contribution in [0.4, 0.5) is 0 Å². The van der Waals surface area contributed by atoms with Crippen LogP contribution in [0.3, 0.4) is 0 Å². The maximum Gasteiger partial charge on any atom is 0.332 e. The Hall–Kier alpha value is -4.14. The molecule has 29 heavy (non-hydrogen) atoms.